The molecule has 1 aliphatic heterocycles. The first-order valence-corrected chi connectivity index (χ1v) is 9.04. The summed E-state index contributed by atoms with van der Waals surface area (Å²) in [5.41, 5.74) is 1.00. The van der Waals surface area contributed by atoms with Crippen molar-refractivity contribution in [3.63, 3.8) is 0 Å². The number of rotatable bonds is 5. The van der Waals surface area contributed by atoms with E-state index in [0.717, 1.165) is 68.3 Å². The Morgan fingerprint density at radius 2 is 1.71 bits per heavy atom. The molecule has 3 heterocycles. The minimum Gasteiger partial charge on any atom is -0.464 e. The van der Waals surface area contributed by atoms with Crippen LogP contribution in [0.25, 0.3) is 0 Å². The second kappa shape index (κ2) is 6.37. The fourth-order valence-electron chi connectivity index (χ4n) is 3.52. The minimum absolute atomic E-state index is 0.670. The van der Waals surface area contributed by atoms with Crippen LogP contribution in [0.2, 0.25) is 0 Å². The first kappa shape index (κ1) is 15.9. The zero-order chi connectivity index (χ0) is 16.7. The summed E-state index contributed by atoms with van der Waals surface area (Å²) in [4.78, 5) is 9.38. The lowest BCUT2D eigenvalue weighted by Crippen LogP contribution is -2.45. The SMILES string of the molecule is Cc1nc(CN2CCN(Cc3ccc([C@@H]4C[C@H]4C)o3)CC2)oc1C. The van der Waals surface area contributed by atoms with Crippen LogP contribution in [-0.2, 0) is 13.1 Å². The van der Waals surface area contributed by atoms with Gasteiger partial charge in [-0.15, -0.1) is 0 Å². The van der Waals surface area contributed by atoms with Crippen molar-refractivity contribution in [1.29, 1.82) is 0 Å². The zero-order valence-corrected chi connectivity index (χ0v) is 14.9. The molecule has 0 spiro atoms. The molecule has 5 heteroatoms. The fraction of sp³-hybridized carbons (Fsp3) is 0.632. The Labute approximate surface area is 143 Å². The van der Waals surface area contributed by atoms with Crippen molar-refractivity contribution in [2.24, 2.45) is 5.92 Å². The summed E-state index contributed by atoms with van der Waals surface area (Å²) in [6, 6.07) is 4.33. The van der Waals surface area contributed by atoms with Gasteiger partial charge in [0.15, 0.2) is 0 Å². The van der Waals surface area contributed by atoms with E-state index in [9.17, 15) is 0 Å². The van der Waals surface area contributed by atoms with Crippen molar-refractivity contribution in [1.82, 2.24) is 14.8 Å². The molecule has 0 N–H and O–H groups in total. The predicted octanol–water partition coefficient (Wildman–Crippen LogP) is 3.33. The van der Waals surface area contributed by atoms with Gasteiger partial charge in [0, 0.05) is 32.1 Å². The smallest absolute Gasteiger partial charge is 0.208 e. The number of piperazine rings is 1. The van der Waals surface area contributed by atoms with Crippen LogP contribution < -0.4 is 0 Å². The molecule has 2 aromatic heterocycles. The maximum Gasteiger partial charge on any atom is 0.208 e. The highest BCUT2D eigenvalue weighted by molar-refractivity contribution is 5.17. The van der Waals surface area contributed by atoms with Gasteiger partial charge in [0.1, 0.15) is 17.3 Å². The second-order valence-corrected chi connectivity index (χ2v) is 7.43. The molecule has 2 aromatic rings. The molecule has 24 heavy (non-hydrogen) atoms. The van der Waals surface area contributed by atoms with Gasteiger partial charge in [0.05, 0.1) is 18.8 Å². The van der Waals surface area contributed by atoms with Gasteiger partial charge in [-0.1, -0.05) is 6.92 Å². The summed E-state index contributed by atoms with van der Waals surface area (Å²) in [6.45, 7) is 12.2. The Balaban J connectivity index is 1.26. The molecule has 2 atom stereocenters. The first-order chi connectivity index (χ1) is 11.6. The fourth-order valence-corrected chi connectivity index (χ4v) is 3.52. The lowest BCUT2D eigenvalue weighted by atomic mass is 10.2. The quantitative estimate of drug-likeness (QED) is 0.842. The molecular formula is C19H27N3O2. The molecule has 0 unspecified atom stereocenters. The molecule has 2 fully saturated rings. The molecule has 1 aliphatic carbocycles. The molecule has 2 aliphatic rings. The van der Waals surface area contributed by atoms with E-state index in [2.05, 4.69) is 33.8 Å². The maximum absolute atomic E-state index is 6.04. The van der Waals surface area contributed by atoms with E-state index in [1.54, 1.807) is 0 Å². The Hall–Kier alpha value is -1.59. The second-order valence-electron chi connectivity index (χ2n) is 7.43. The summed E-state index contributed by atoms with van der Waals surface area (Å²) in [7, 11) is 0. The van der Waals surface area contributed by atoms with Crippen molar-refractivity contribution in [2.45, 2.75) is 46.2 Å². The normalized spacial score (nSPS) is 25.3. The Morgan fingerprint density at radius 1 is 1.04 bits per heavy atom. The lowest BCUT2D eigenvalue weighted by molar-refractivity contribution is 0.108. The summed E-state index contributed by atoms with van der Waals surface area (Å²) in [5.74, 6) is 5.54. The molecule has 1 saturated heterocycles. The summed E-state index contributed by atoms with van der Waals surface area (Å²) >= 11 is 0. The van der Waals surface area contributed by atoms with Gasteiger partial charge in [-0.3, -0.25) is 9.80 Å². The first-order valence-electron chi connectivity index (χ1n) is 9.04. The highest BCUT2D eigenvalue weighted by Crippen LogP contribution is 2.47. The molecule has 0 bridgehead atoms. The number of oxazole rings is 1. The lowest BCUT2D eigenvalue weighted by Gasteiger charge is -2.33. The number of nitrogens with zero attached hydrogens (tertiary/aromatic N) is 3. The van der Waals surface area contributed by atoms with Crippen molar-refractivity contribution in [3.05, 3.63) is 41.0 Å². The Kier molecular flexibility index (Phi) is 4.22. The van der Waals surface area contributed by atoms with Gasteiger partial charge in [0.25, 0.3) is 0 Å². The monoisotopic (exact) mass is 329 g/mol. The van der Waals surface area contributed by atoms with E-state index < -0.39 is 0 Å². The van der Waals surface area contributed by atoms with Gasteiger partial charge < -0.3 is 8.83 Å². The van der Waals surface area contributed by atoms with Gasteiger partial charge in [-0.2, -0.15) is 0 Å². The van der Waals surface area contributed by atoms with E-state index in [-0.39, 0.29) is 0 Å². The Morgan fingerprint density at radius 3 is 2.29 bits per heavy atom. The molecule has 0 aromatic carbocycles. The molecule has 5 nitrogen and oxygen atoms in total. The average Bonchev–Trinajstić information content (AvgIpc) is 2.97. The largest absolute Gasteiger partial charge is 0.464 e. The van der Waals surface area contributed by atoms with E-state index >= 15 is 0 Å². The minimum atomic E-state index is 0.670. The Bertz CT molecular complexity index is 678. The predicted molar refractivity (Wildman–Crippen MR) is 91.8 cm³/mol. The highest BCUT2D eigenvalue weighted by atomic mass is 16.4. The zero-order valence-electron chi connectivity index (χ0n) is 14.9. The van der Waals surface area contributed by atoms with E-state index in [0.29, 0.717) is 5.92 Å². The van der Waals surface area contributed by atoms with Crippen molar-refractivity contribution in [2.75, 3.05) is 26.2 Å². The van der Waals surface area contributed by atoms with E-state index in [1.165, 1.54) is 12.2 Å². The van der Waals surface area contributed by atoms with Crippen LogP contribution >= 0.6 is 0 Å². The van der Waals surface area contributed by atoms with Gasteiger partial charge in [0.2, 0.25) is 5.89 Å². The van der Waals surface area contributed by atoms with Crippen LogP contribution in [0.3, 0.4) is 0 Å². The summed E-state index contributed by atoms with van der Waals surface area (Å²) < 4.78 is 11.7. The van der Waals surface area contributed by atoms with Crippen molar-refractivity contribution in [3.8, 4) is 0 Å². The molecule has 1 saturated carbocycles. The topological polar surface area (TPSA) is 45.7 Å². The molecule has 4 rings (SSSR count). The van der Waals surface area contributed by atoms with Gasteiger partial charge in [-0.05, 0) is 38.3 Å². The van der Waals surface area contributed by atoms with Crippen LogP contribution in [0.15, 0.2) is 21.0 Å². The van der Waals surface area contributed by atoms with Gasteiger partial charge in [-0.25, -0.2) is 4.98 Å². The third-order valence-corrected chi connectivity index (χ3v) is 5.43. The average molecular weight is 329 g/mol. The number of furan rings is 1. The van der Waals surface area contributed by atoms with Crippen molar-refractivity contribution >= 4 is 0 Å². The van der Waals surface area contributed by atoms with Crippen LogP contribution in [0, 0.1) is 19.8 Å². The van der Waals surface area contributed by atoms with Crippen LogP contribution in [0.5, 0.6) is 0 Å². The van der Waals surface area contributed by atoms with Crippen LogP contribution in [-0.4, -0.2) is 41.0 Å². The summed E-state index contributed by atoms with van der Waals surface area (Å²) in [5, 5.41) is 0. The third kappa shape index (κ3) is 3.42. The number of aryl methyl sites for hydroxylation is 2. The van der Waals surface area contributed by atoms with E-state index in [4.69, 9.17) is 8.83 Å². The molecular weight excluding hydrogens is 302 g/mol. The summed E-state index contributed by atoms with van der Waals surface area (Å²) in [6.07, 6.45) is 1.28. The van der Waals surface area contributed by atoms with Crippen LogP contribution in [0.1, 0.15) is 48.1 Å². The third-order valence-electron chi connectivity index (χ3n) is 5.43. The number of hydrogen-bond acceptors (Lipinski definition) is 5. The standard InChI is InChI=1S/C19H27N3O2/c1-13-10-17(13)18-5-4-16(24-18)11-21-6-8-22(9-7-21)12-19-20-14(2)15(3)23-19/h4-5,13,17H,6-12H2,1-3H3/t13-,17-/m1/s1. The molecule has 130 valence electrons. The van der Waals surface area contributed by atoms with Gasteiger partial charge >= 0.3 is 0 Å². The highest BCUT2D eigenvalue weighted by Gasteiger charge is 2.36. The number of hydrogen-bond donors (Lipinski definition) is 0. The van der Waals surface area contributed by atoms with Crippen LogP contribution in [0.4, 0.5) is 0 Å². The molecule has 0 amide bonds. The number of aromatic nitrogens is 1. The van der Waals surface area contributed by atoms with Crippen molar-refractivity contribution < 1.29 is 8.83 Å². The van der Waals surface area contributed by atoms with E-state index in [1.807, 2.05) is 13.8 Å². The maximum atomic E-state index is 6.04. The molecule has 0 radical (unpaired) electrons.